The number of alkyl halides is 3. The molecular formula is C23H14F4N2O2. The van der Waals surface area contributed by atoms with E-state index >= 15 is 0 Å². The Hall–Kier alpha value is -3.94. The molecule has 8 heteroatoms. The van der Waals surface area contributed by atoms with Crippen molar-refractivity contribution in [3.05, 3.63) is 95.8 Å². The first-order chi connectivity index (χ1) is 14.8. The van der Waals surface area contributed by atoms with Gasteiger partial charge in [0.25, 0.3) is 0 Å². The fourth-order valence-electron chi connectivity index (χ4n) is 3.30. The summed E-state index contributed by atoms with van der Waals surface area (Å²) in [4.78, 5) is 12.2. The molecule has 0 aliphatic carbocycles. The smallest absolute Gasteiger partial charge is 0.416 e. The van der Waals surface area contributed by atoms with Crippen LogP contribution >= 0.6 is 0 Å². The number of hydrogen-bond donors (Lipinski definition) is 1. The maximum atomic E-state index is 13.4. The van der Waals surface area contributed by atoms with Crippen LogP contribution < -0.4 is 0 Å². The van der Waals surface area contributed by atoms with Gasteiger partial charge < -0.3 is 5.11 Å². The molecule has 0 saturated heterocycles. The summed E-state index contributed by atoms with van der Waals surface area (Å²) in [5.74, 6) is -1.84. The van der Waals surface area contributed by atoms with E-state index in [0.29, 0.717) is 11.3 Å². The summed E-state index contributed by atoms with van der Waals surface area (Å²) in [6.07, 6.45) is -4.60. The lowest BCUT2D eigenvalue weighted by molar-refractivity contribution is -0.137. The van der Waals surface area contributed by atoms with Gasteiger partial charge >= 0.3 is 12.1 Å². The van der Waals surface area contributed by atoms with Gasteiger partial charge in [0.2, 0.25) is 0 Å². The van der Waals surface area contributed by atoms with Crippen LogP contribution in [0.2, 0.25) is 0 Å². The third-order valence-electron chi connectivity index (χ3n) is 4.68. The van der Waals surface area contributed by atoms with Gasteiger partial charge in [-0.05, 0) is 36.4 Å². The van der Waals surface area contributed by atoms with Gasteiger partial charge in [-0.1, -0.05) is 42.5 Å². The van der Waals surface area contributed by atoms with Crippen molar-refractivity contribution >= 4 is 5.97 Å². The Kier molecular flexibility index (Phi) is 5.06. The summed E-state index contributed by atoms with van der Waals surface area (Å²) in [5.41, 5.74) is -0.260. The molecule has 0 unspecified atom stereocenters. The fraction of sp³-hybridized carbons (Fsp3) is 0.0435. The molecule has 0 bridgehead atoms. The Morgan fingerprint density at radius 3 is 2.13 bits per heavy atom. The molecule has 0 aliphatic rings. The van der Waals surface area contributed by atoms with Crippen molar-refractivity contribution in [2.75, 3.05) is 0 Å². The monoisotopic (exact) mass is 426 g/mol. The number of hydrogen-bond acceptors (Lipinski definition) is 2. The van der Waals surface area contributed by atoms with Gasteiger partial charge in [-0.25, -0.2) is 13.9 Å². The second kappa shape index (κ2) is 7.71. The lowest BCUT2D eigenvalue weighted by Gasteiger charge is -2.09. The minimum atomic E-state index is -4.60. The van der Waals surface area contributed by atoms with Crippen molar-refractivity contribution in [3.63, 3.8) is 0 Å². The van der Waals surface area contributed by atoms with E-state index in [1.807, 2.05) is 0 Å². The molecule has 4 nitrogen and oxygen atoms in total. The van der Waals surface area contributed by atoms with Gasteiger partial charge in [-0.2, -0.15) is 18.3 Å². The molecule has 0 amide bonds. The number of halogens is 4. The molecule has 156 valence electrons. The van der Waals surface area contributed by atoms with Crippen LogP contribution in [0, 0.1) is 5.82 Å². The first-order valence-corrected chi connectivity index (χ1v) is 9.11. The Balaban J connectivity index is 2.03. The summed E-state index contributed by atoms with van der Waals surface area (Å²) in [6, 6.07) is 18.0. The molecule has 0 spiro atoms. The molecule has 1 N–H and O–H groups in total. The van der Waals surface area contributed by atoms with E-state index in [0.717, 1.165) is 12.1 Å². The summed E-state index contributed by atoms with van der Waals surface area (Å²) >= 11 is 0. The number of carboxylic acid groups (broad SMARTS) is 1. The number of carbonyl (C=O) groups is 1. The topological polar surface area (TPSA) is 55.1 Å². The molecule has 0 aliphatic heterocycles. The highest BCUT2D eigenvalue weighted by molar-refractivity contribution is 6.02. The standard InChI is InChI=1S/C23H14F4N2O2/c24-17-9-11-18(12-10-17)29-21(14-5-2-1-3-6-14)19(22(30)31)20(28-29)15-7-4-8-16(13-15)23(25,26)27/h1-13H,(H,30,31). The van der Waals surface area contributed by atoms with Crippen molar-refractivity contribution in [2.45, 2.75) is 6.18 Å². The highest BCUT2D eigenvalue weighted by Gasteiger charge is 2.32. The third-order valence-corrected chi connectivity index (χ3v) is 4.68. The fourth-order valence-corrected chi connectivity index (χ4v) is 3.30. The highest BCUT2D eigenvalue weighted by Crippen LogP contribution is 2.37. The first-order valence-electron chi connectivity index (χ1n) is 9.11. The van der Waals surface area contributed by atoms with Gasteiger partial charge in [-0.3, -0.25) is 0 Å². The van der Waals surface area contributed by atoms with Gasteiger partial charge in [-0.15, -0.1) is 0 Å². The number of rotatable bonds is 4. The molecule has 0 fully saturated rings. The van der Waals surface area contributed by atoms with Crippen LogP contribution in [0.1, 0.15) is 15.9 Å². The number of aromatic nitrogens is 2. The molecule has 1 heterocycles. The summed E-state index contributed by atoms with van der Waals surface area (Å²) in [7, 11) is 0. The number of carboxylic acids is 1. The van der Waals surface area contributed by atoms with Crippen LogP contribution in [0.3, 0.4) is 0 Å². The Labute approximate surface area is 174 Å². The zero-order chi connectivity index (χ0) is 22.2. The van der Waals surface area contributed by atoms with Crippen LogP contribution in [-0.4, -0.2) is 20.9 Å². The van der Waals surface area contributed by atoms with Crippen molar-refractivity contribution < 1.29 is 27.5 Å². The Morgan fingerprint density at radius 2 is 1.52 bits per heavy atom. The van der Waals surface area contributed by atoms with Crippen LogP contribution in [0.25, 0.3) is 28.2 Å². The number of aromatic carboxylic acids is 1. The largest absolute Gasteiger partial charge is 0.478 e. The lowest BCUT2D eigenvalue weighted by atomic mass is 10.0. The van der Waals surface area contributed by atoms with Gasteiger partial charge in [0, 0.05) is 11.1 Å². The van der Waals surface area contributed by atoms with Crippen LogP contribution in [0.15, 0.2) is 78.9 Å². The molecular weight excluding hydrogens is 412 g/mol. The van der Waals surface area contributed by atoms with E-state index in [-0.39, 0.29) is 22.5 Å². The van der Waals surface area contributed by atoms with E-state index in [1.165, 1.54) is 41.1 Å². The molecule has 0 saturated carbocycles. The number of nitrogens with zero attached hydrogens (tertiary/aromatic N) is 2. The van der Waals surface area contributed by atoms with Crippen molar-refractivity contribution in [3.8, 4) is 28.2 Å². The normalized spacial score (nSPS) is 11.5. The van der Waals surface area contributed by atoms with Crippen LogP contribution in [0.4, 0.5) is 17.6 Å². The zero-order valence-corrected chi connectivity index (χ0v) is 15.8. The Bertz CT molecular complexity index is 1250. The number of benzene rings is 3. The maximum absolute atomic E-state index is 13.4. The molecule has 3 aromatic carbocycles. The zero-order valence-electron chi connectivity index (χ0n) is 15.8. The van der Waals surface area contributed by atoms with E-state index < -0.39 is 23.5 Å². The van der Waals surface area contributed by atoms with Crippen LogP contribution in [-0.2, 0) is 6.18 Å². The van der Waals surface area contributed by atoms with Crippen molar-refractivity contribution in [1.82, 2.24) is 9.78 Å². The van der Waals surface area contributed by atoms with Crippen molar-refractivity contribution in [1.29, 1.82) is 0 Å². The third kappa shape index (κ3) is 3.92. The maximum Gasteiger partial charge on any atom is 0.416 e. The summed E-state index contributed by atoms with van der Waals surface area (Å²) in [5, 5.41) is 14.3. The van der Waals surface area contributed by atoms with E-state index in [9.17, 15) is 27.5 Å². The van der Waals surface area contributed by atoms with E-state index in [2.05, 4.69) is 5.10 Å². The molecule has 31 heavy (non-hydrogen) atoms. The minimum absolute atomic E-state index is 0.00488. The predicted octanol–water partition coefficient (Wildman–Crippen LogP) is 6.06. The predicted molar refractivity (Wildman–Crippen MR) is 106 cm³/mol. The van der Waals surface area contributed by atoms with Crippen LogP contribution in [0.5, 0.6) is 0 Å². The summed E-state index contributed by atoms with van der Waals surface area (Å²) in [6.45, 7) is 0. The van der Waals surface area contributed by atoms with Gasteiger partial charge in [0.1, 0.15) is 17.1 Å². The van der Waals surface area contributed by atoms with E-state index in [1.54, 1.807) is 30.3 Å². The average molecular weight is 426 g/mol. The lowest BCUT2D eigenvalue weighted by Crippen LogP contribution is -2.05. The molecule has 0 atom stereocenters. The average Bonchev–Trinajstić information content (AvgIpc) is 3.15. The van der Waals surface area contributed by atoms with E-state index in [4.69, 9.17) is 0 Å². The SMILES string of the molecule is O=C(O)c1c(-c2cccc(C(F)(F)F)c2)nn(-c2ccc(F)cc2)c1-c1ccccc1. The molecule has 1 aromatic heterocycles. The van der Waals surface area contributed by atoms with Gasteiger partial charge in [0.05, 0.1) is 16.9 Å². The first kappa shape index (κ1) is 20.3. The summed E-state index contributed by atoms with van der Waals surface area (Å²) < 4.78 is 54.4. The van der Waals surface area contributed by atoms with Crippen molar-refractivity contribution in [2.24, 2.45) is 0 Å². The van der Waals surface area contributed by atoms with Gasteiger partial charge in [0.15, 0.2) is 0 Å². The second-order valence-corrected chi connectivity index (χ2v) is 6.71. The molecule has 0 radical (unpaired) electrons. The molecule has 4 rings (SSSR count). The minimum Gasteiger partial charge on any atom is -0.478 e. The highest BCUT2D eigenvalue weighted by atomic mass is 19.4. The Morgan fingerprint density at radius 1 is 0.871 bits per heavy atom. The second-order valence-electron chi connectivity index (χ2n) is 6.71. The molecule has 4 aromatic rings. The quantitative estimate of drug-likeness (QED) is 0.404.